The molecule has 0 aliphatic carbocycles. The average Bonchev–Trinajstić information content (AvgIpc) is 2.96. The third kappa shape index (κ3) is 3.92. The van der Waals surface area contributed by atoms with E-state index in [2.05, 4.69) is 10.4 Å². The standard InChI is InChI=1S/C16H20FN3O2/c1-11(2)9-12(10-21)18-16(22)14-7-8-20(19-14)15-6-4-3-5-13(15)17/h3-8,11-12,21H,9-10H2,1-2H3,(H,18,22). The van der Waals surface area contributed by atoms with Crippen LogP contribution in [-0.2, 0) is 0 Å². The number of aliphatic hydroxyl groups is 1. The average molecular weight is 305 g/mol. The number of carbonyl (C=O) groups excluding carboxylic acids is 1. The van der Waals surface area contributed by atoms with Crippen molar-refractivity contribution in [3.63, 3.8) is 0 Å². The lowest BCUT2D eigenvalue weighted by atomic mass is 10.0. The first kappa shape index (κ1) is 16.2. The van der Waals surface area contributed by atoms with Crippen LogP contribution in [0.1, 0.15) is 30.8 Å². The minimum atomic E-state index is -0.411. The highest BCUT2D eigenvalue weighted by Crippen LogP contribution is 2.12. The predicted octanol–water partition coefficient (Wildman–Crippen LogP) is 2.15. The third-order valence-corrected chi connectivity index (χ3v) is 3.23. The maximum absolute atomic E-state index is 13.7. The van der Waals surface area contributed by atoms with Gasteiger partial charge in [-0.2, -0.15) is 5.10 Å². The first-order valence-corrected chi connectivity index (χ1v) is 7.23. The Labute approximate surface area is 128 Å². The Morgan fingerprint density at radius 3 is 2.73 bits per heavy atom. The van der Waals surface area contributed by atoms with E-state index in [4.69, 9.17) is 0 Å². The minimum absolute atomic E-state index is 0.127. The molecule has 118 valence electrons. The van der Waals surface area contributed by atoms with Gasteiger partial charge < -0.3 is 10.4 Å². The molecule has 1 atom stereocenters. The van der Waals surface area contributed by atoms with E-state index in [9.17, 15) is 14.3 Å². The topological polar surface area (TPSA) is 67.2 Å². The number of amides is 1. The largest absolute Gasteiger partial charge is 0.394 e. The number of nitrogens with one attached hydrogen (secondary N) is 1. The van der Waals surface area contributed by atoms with E-state index in [0.29, 0.717) is 12.3 Å². The molecule has 1 heterocycles. The molecule has 0 fully saturated rings. The molecule has 0 aliphatic heterocycles. The lowest BCUT2D eigenvalue weighted by Gasteiger charge is -2.17. The summed E-state index contributed by atoms with van der Waals surface area (Å²) in [6.45, 7) is 3.90. The Balaban J connectivity index is 2.11. The highest BCUT2D eigenvalue weighted by Gasteiger charge is 2.17. The number of carbonyl (C=O) groups is 1. The number of hydrogen-bond donors (Lipinski definition) is 2. The van der Waals surface area contributed by atoms with Gasteiger partial charge in [0.1, 0.15) is 11.5 Å². The van der Waals surface area contributed by atoms with Crippen LogP contribution in [0.15, 0.2) is 36.5 Å². The van der Waals surface area contributed by atoms with Crippen LogP contribution in [-0.4, -0.2) is 33.4 Å². The molecule has 0 spiro atoms. The fourth-order valence-corrected chi connectivity index (χ4v) is 2.22. The van der Waals surface area contributed by atoms with Gasteiger partial charge in [0.2, 0.25) is 0 Å². The SMILES string of the molecule is CC(C)CC(CO)NC(=O)c1ccn(-c2ccccc2F)n1. The maximum Gasteiger partial charge on any atom is 0.272 e. The second-order valence-electron chi connectivity index (χ2n) is 5.58. The number of hydrogen-bond acceptors (Lipinski definition) is 3. The van der Waals surface area contributed by atoms with Crippen LogP contribution in [0.4, 0.5) is 4.39 Å². The summed E-state index contributed by atoms with van der Waals surface area (Å²) in [4.78, 5) is 12.1. The van der Waals surface area contributed by atoms with Gasteiger partial charge in [-0.3, -0.25) is 4.79 Å². The lowest BCUT2D eigenvalue weighted by molar-refractivity contribution is 0.0903. The molecule has 2 rings (SSSR count). The minimum Gasteiger partial charge on any atom is -0.394 e. The molecule has 0 saturated carbocycles. The van der Waals surface area contributed by atoms with Gasteiger partial charge in [-0.15, -0.1) is 0 Å². The first-order chi connectivity index (χ1) is 10.5. The molecule has 0 aliphatic rings. The molecule has 6 heteroatoms. The van der Waals surface area contributed by atoms with Crippen LogP contribution < -0.4 is 5.32 Å². The molecular formula is C16H20FN3O2. The number of aliphatic hydroxyl groups excluding tert-OH is 1. The summed E-state index contributed by atoms with van der Waals surface area (Å²) in [6, 6.07) is 7.41. The number of benzene rings is 1. The zero-order valence-corrected chi connectivity index (χ0v) is 12.7. The normalized spacial score (nSPS) is 12.4. The van der Waals surface area contributed by atoms with E-state index in [0.717, 1.165) is 0 Å². The smallest absolute Gasteiger partial charge is 0.272 e. The fraction of sp³-hybridized carbons (Fsp3) is 0.375. The van der Waals surface area contributed by atoms with E-state index < -0.39 is 5.82 Å². The quantitative estimate of drug-likeness (QED) is 0.859. The Morgan fingerprint density at radius 1 is 1.36 bits per heavy atom. The zero-order chi connectivity index (χ0) is 16.1. The number of nitrogens with zero attached hydrogens (tertiary/aromatic N) is 2. The van der Waals surface area contributed by atoms with Crippen molar-refractivity contribution in [3.05, 3.63) is 48.0 Å². The molecule has 2 N–H and O–H groups in total. The summed E-state index contributed by atoms with van der Waals surface area (Å²) in [7, 11) is 0. The molecule has 22 heavy (non-hydrogen) atoms. The van der Waals surface area contributed by atoms with Gasteiger partial charge >= 0.3 is 0 Å². The van der Waals surface area contributed by atoms with Crippen LogP contribution in [0.5, 0.6) is 0 Å². The molecule has 2 aromatic rings. The van der Waals surface area contributed by atoms with Crippen LogP contribution in [0.25, 0.3) is 5.69 Å². The summed E-state index contributed by atoms with van der Waals surface area (Å²) < 4.78 is 15.0. The summed E-state index contributed by atoms with van der Waals surface area (Å²) in [5.41, 5.74) is 0.466. The van der Waals surface area contributed by atoms with Crippen LogP contribution >= 0.6 is 0 Å². The van der Waals surface area contributed by atoms with Crippen molar-refractivity contribution in [2.45, 2.75) is 26.3 Å². The van der Waals surface area contributed by atoms with E-state index >= 15 is 0 Å². The van der Waals surface area contributed by atoms with Gasteiger partial charge in [0.25, 0.3) is 5.91 Å². The summed E-state index contributed by atoms with van der Waals surface area (Å²) >= 11 is 0. The van der Waals surface area contributed by atoms with Gasteiger partial charge in [-0.1, -0.05) is 26.0 Å². The molecule has 1 unspecified atom stereocenters. The van der Waals surface area contributed by atoms with E-state index in [-0.39, 0.29) is 29.9 Å². The lowest BCUT2D eigenvalue weighted by Crippen LogP contribution is -2.38. The number of aromatic nitrogens is 2. The fourth-order valence-electron chi connectivity index (χ4n) is 2.22. The van der Waals surface area contributed by atoms with Crippen molar-refractivity contribution in [2.75, 3.05) is 6.61 Å². The third-order valence-electron chi connectivity index (χ3n) is 3.23. The van der Waals surface area contributed by atoms with Crippen molar-refractivity contribution in [1.82, 2.24) is 15.1 Å². The van der Waals surface area contributed by atoms with Crippen molar-refractivity contribution >= 4 is 5.91 Å². The second-order valence-corrected chi connectivity index (χ2v) is 5.58. The molecule has 0 bridgehead atoms. The van der Waals surface area contributed by atoms with E-state index in [1.54, 1.807) is 18.2 Å². The van der Waals surface area contributed by atoms with Crippen molar-refractivity contribution in [2.24, 2.45) is 5.92 Å². The van der Waals surface area contributed by atoms with Gasteiger partial charge in [0.05, 0.1) is 12.6 Å². The van der Waals surface area contributed by atoms with E-state index in [1.807, 2.05) is 13.8 Å². The van der Waals surface area contributed by atoms with Crippen molar-refractivity contribution in [3.8, 4) is 5.69 Å². The Kier molecular flexibility index (Phi) is 5.27. The van der Waals surface area contributed by atoms with Gasteiger partial charge in [0.15, 0.2) is 5.69 Å². The molecule has 1 aromatic carbocycles. The highest BCUT2D eigenvalue weighted by atomic mass is 19.1. The van der Waals surface area contributed by atoms with Gasteiger partial charge in [0, 0.05) is 6.20 Å². The Hall–Kier alpha value is -2.21. The zero-order valence-electron chi connectivity index (χ0n) is 12.7. The summed E-state index contributed by atoms with van der Waals surface area (Å²) in [6.07, 6.45) is 2.21. The van der Waals surface area contributed by atoms with Gasteiger partial charge in [-0.05, 0) is 30.5 Å². The second kappa shape index (κ2) is 7.17. The first-order valence-electron chi connectivity index (χ1n) is 7.23. The molecule has 0 saturated heterocycles. The maximum atomic E-state index is 13.7. The van der Waals surface area contributed by atoms with Crippen LogP contribution in [0.3, 0.4) is 0 Å². The monoisotopic (exact) mass is 305 g/mol. The Bertz CT molecular complexity index is 640. The number of para-hydroxylation sites is 1. The summed E-state index contributed by atoms with van der Waals surface area (Å²) in [5.74, 6) is -0.436. The molecule has 1 aromatic heterocycles. The van der Waals surface area contributed by atoms with Gasteiger partial charge in [-0.25, -0.2) is 9.07 Å². The molecule has 5 nitrogen and oxygen atoms in total. The molecule has 1 amide bonds. The molecule has 0 radical (unpaired) electrons. The molecular weight excluding hydrogens is 285 g/mol. The van der Waals surface area contributed by atoms with Crippen LogP contribution in [0.2, 0.25) is 0 Å². The van der Waals surface area contributed by atoms with E-state index in [1.165, 1.54) is 23.0 Å². The summed E-state index contributed by atoms with van der Waals surface area (Å²) in [5, 5.41) is 16.1. The van der Waals surface area contributed by atoms with Crippen LogP contribution in [0, 0.1) is 11.7 Å². The number of rotatable bonds is 6. The van der Waals surface area contributed by atoms with Crippen molar-refractivity contribution < 1.29 is 14.3 Å². The Morgan fingerprint density at radius 2 is 2.09 bits per heavy atom. The highest BCUT2D eigenvalue weighted by molar-refractivity contribution is 5.92. The predicted molar refractivity (Wildman–Crippen MR) is 81.3 cm³/mol. The number of halogens is 1. The van der Waals surface area contributed by atoms with Crippen molar-refractivity contribution in [1.29, 1.82) is 0 Å².